The first-order chi connectivity index (χ1) is 8.99. The van der Waals surface area contributed by atoms with Crippen LogP contribution in [0.4, 0.5) is 17.6 Å². The highest BCUT2D eigenvalue weighted by atomic mass is 16.6. The van der Waals surface area contributed by atoms with Crippen molar-refractivity contribution in [2.45, 2.75) is 0 Å². The molecule has 2 aromatic rings. The summed E-state index contributed by atoms with van der Waals surface area (Å²) in [5.74, 6) is 0.552. The Bertz CT molecular complexity index is 628. The lowest BCUT2D eigenvalue weighted by Crippen LogP contribution is -2.15. The fraction of sp³-hybridized carbons (Fsp3) is 0.182. The third kappa shape index (κ3) is 2.57. The second-order valence-corrected chi connectivity index (χ2v) is 3.99. The van der Waals surface area contributed by atoms with E-state index in [9.17, 15) is 10.1 Å². The van der Waals surface area contributed by atoms with Crippen molar-refractivity contribution < 1.29 is 4.92 Å². The van der Waals surface area contributed by atoms with Gasteiger partial charge in [-0.05, 0) is 6.07 Å². The largest absolute Gasteiger partial charge is 0.368 e. The summed E-state index contributed by atoms with van der Waals surface area (Å²) in [4.78, 5) is 24.2. The molecule has 0 spiro atoms. The molecule has 0 bridgehead atoms. The molecule has 0 aliphatic rings. The molecule has 0 aliphatic carbocycles. The van der Waals surface area contributed by atoms with Crippen LogP contribution in [0.5, 0.6) is 0 Å². The fourth-order valence-electron chi connectivity index (χ4n) is 1.52. The van der Waals surface area contributed by atoms with Crippen LogP contribution >= 0.6 is 0 Å². The lowest BCUT2D eigenvalue weighted by molar-refractivity contribution is -0.384. The molecule has 0 saturated carbocycles. The van der Waals surface area contributed by atoms with Crippen LogP contribution < -0.4 is 10.6 Å². The van der Waals surface area contributed by atoms with E-state index < -0.39 is 4.92 Å². The van der Waals surface area contributed by atoms with Gasteiger partial charge in [-0.15, -0.1) is 0 Å². The molecule has 8 nitrogen and oxygen atoms in total. The zero-order chi connectivity index (χ0) is 14.0. The summed E-state index contributed by atoms with van der Waals surface area (Å²) in [5.41, 5.74) is 5.84. The van der Waals surface area contributed by atoms with E-state index in [0.717, 1.165) is 0 Å². The average Bonchev–Trinajstić information content (AvgIpc) is 2.37. The van der Waals surface area contributed by atoms with Crippen molar-refractivity contribution >= 4 is 17.6 Å². The van der Waals surface area contributed by atoms with Crippen molar-refractivity contribution in [3.63, 3.8) is 0 Å². The molecular formula is C11H12N6O2. The number of rotatable bonds is 3. The zero-order valence-corrected chi connectivity index (χ0v) is 10.4. The van der Waals surface area contributed by atoms with Gasteiger partial charge in [-0.25, -0.2) is 0 Å². The molecular weight excluding hydrogens is 248 g/mol. The molecule has 19 heavy (non-hydrogen) atoms. The number of nitro groups is 1. The Morgan fingerprint density at radius 3 is 2.53 bits per heavy atom. The average molecular weight is 260 g/mol. The van der Waals surface area contributed by atoms with Gasteiger partial charge in [-0.3, -0.25) is 10.1 Å². The van der Waals surface area contributed by atoms with E-state index in [1.807, 2.05) is 0 Å². The van der Waals surface area contributed by atoms with Crippen LogP contribution in [0.2, 0.25) is 0 Å². The Labute approximate surface area is 109 Å². The Morgan fingerprint density at radius 2 is 1.89 bits per heavy atom. The number of nitrogens with two attached hydrogens (primary N) is 1. The highest BCUT2D eigenvalue weighted by molar-refractivity contribution is 5.68. The number of anilines is 2. The predicted octanol–water partition coefficient (Wildman–Crippen LogP) is 1.10. The maximum atomic E-state index is 11.0. The Kier molecular flexibility index (Phi) is 3.23. The normalized spacial score (nSPS) is 10.2. The summed E-state index contributed by atoms with van der Waals surface area (Å²) in [6.45, 7) is 0. The summed E-state index contributed by atoms with van der Waals surface area (Å²) < 4.78 is 0. The van der Waals surface area contributed by atoms with Crippen molar-refractivity contribution in [2.24, 2.45) is 0 Å². The molecule has 1 aromatic heterocycles. The molecule has 2 rings (SSSR count). The maximum absolute atomic E-state index is 11.0. The van der Waals surface area contributed by atoms with Crippen LogP contribution in [0.1, 0.15) is 0 Å². The van der Waals surface area contributed by atoms with E-state index in [1.54, 1.807) is 37.2 Å². The second kappa shape index (κ2) is 4.84. The summed E-state index contributed by atoms with van der Waals surface area (Å²) in [7, 11) is 3.50. The highest BCUT2D eigenvalue weighted by Crippen LogP contribution is 2.27. The topological polar surface area (TPSA) is 111 Å². The molecule has 0 saturated heterocycles. The van der Waals surface area contributed by atoms with Crippen molar-refractivity contribution in [2.75, 3.05) is 24.7 Å². The Hall–Kier alpha value is -2.77. The smallest absolute Gasteiger partial charge is 0.280 e. The molecule has 8 heteroatoms. The van der Waals surface area contributed by atoms with Gasteiger partial charge in [-0.1, -0.05) is 12.1 Å². The molecule has 0 amide bonds. The summed E-state index contributed by atoms with van der Waals surface area (Å²) >= 11 is 0. The first kappa shape index (κ1) is 12.7. The van der Waals surface area contributed by atoms with E-state index in [4.69, 9.17) is 5.73 Å². The van der Waals surface area contributed by atoms with E-state index >= 15 is 0 Å². The number of nitrogen functional groups attached to an aromatic ring is 1. The lowest BCUT2D eigenvalue weighted by atomic mass is 10.1. The number of hydrogen-bond acceptors (Lipinski definition) is 7. The highest BCUT2D eigenvalue weighted by Gasteiger charge is 2.18. The van der Waals surface area contributed by atoms with Crippen molar-refractivity contribution in [3.05, 3.63) is 34.4 Å². The number of nitro benzene ring substituents is 1. The summed E-state index contributed by atoms with van der Waals surface area (Å²) in [6, 6.07) is 6.23. The molecule has 2 N–H and O–H groups in total. The molecule has 0 atom stereocenters. The van der Waals surface area contributed by atoms with Gasteiger partial charge in [0.2, 0.25) is 11.9 Å². The van der Waals surface area contributed by atoms with E-state index in [1.165, 1.54) is 6.07 Å². The fourth-order valence-corrected chi connectivity index (χ4v) is 1.52. The number of benzene rings is 1. The molecule has 1 heterocycles. The van der Waals surface area contributed by atoms with Crippen LogP contribution in [0, 0.1) is 10.1 Å². The third-order valence-corrected chi connectivity index (χ3v) is 2.38. The molecule has 0 fully saturated rings. The SMILES string of the molecule is CN(C)c1nc(N)nc(-c2ccccc2[N+](=O)[O-])n1. The quantitative estimate of drug-likeness (QED) is 0.649. The Balaban J connectivity index is 2.62. The summed E-state index contributed by atoms with van der Waals surface area (Å²) in [5, 5.41) is 11.0. The van der Waals surface area contributed by atoms with Gasteiger partial charge in [0, 0.05) is 20.2 Å². The maximum Gasteiger partial charge on any atom is 0.280 e. The minimum atomic E-state index is -0.482. The number of para-hydroxylation sites is 1. The molecule has 0 aliphatic heterocycles. The third-order valence-electron chi connectivity index (χ3n) is 2.38. The number of hydrogen-bond donors (Lipinski definition) is 1. The molecule has 0 radical (unpaired) electrons. The lowest BCUT2D eigenvalue weighted by Gasteiger charge is -2.11. The van der Waals surface area contributed by atoms with Crippen LogP contribution in [0.25, 0.3) is 11.4 Å². The van der Waals surface area contributed by atoms with E-state index in [0.29, 0.717) is 11.5 Å². The van der Waals surface area contributed by atoms with Crippen LogP contribution in [0.3, 0.4) is 0 Å². The Morgan fingerprint density at radius 1 is 1.21 bits per heavy atom. The second-order valence-electron chi connectivity index (χ2n) is 3.99. The van der Waals surface area contributed by atoms with Gasteiger partial charge in [0.25, 0.3) is 5.69 Å². The van der Waals surface area contributed by atoms with E-state index in [-0.39, 0.29) is 17.5 Å². The first-order valence-corrected chi connectivity index (χ1v) is 5.41. The van der Waals surface area contributed by atoms with Gasteiger partial charge >= 0.3 is 0 Å². The van der Waals surface area contributed by atoms with Crippen LogP contribution in [0.15, 0.2) is 24.3 Å². The standard InChI is InChI=1S/C11H12N6O2/c1-16(2)11-14-9(13-10(12)15-11)7-5-3-4-6-8(7)17(18)19/h3-6H,1-2H3,(H2,12,13,14,15). The van der Waals surface area contributed by atoms with Crippen molar-refractivity contribution in [3.8, 4) is 11.4 Å². The van der Waals surface area contributed by atoms with Gasteiger partial charge < -0.3 is 10.6 Å². The first-order valence-electron chi connectivity index (χ1n) is 5.41. The minimum absolute atomic E-state index is 0.0202. The van der Waals surface area contributed by atoms with Crippen molar-refractivity contribution in [1.82, 2.24) is 15.0 Å². The minimum Gasteiger partial charge on any atom is -0.368 e. The zero-order valence-electron chi connectivity index (χ0n) is 10.4. The van der Waals surface area contributed by atoms with Gasteiger partial charge in [0.15, 0.2) is 5.82 Å². The number of aromatic nitrogens is 3. The van der Waals surface area contributed by atoms with Gasteiger partial charge in [0.1, 0.15) is 0 Å². The van der Waals surface area contributed by atoms with Crippen LogP contribution in [-0.2, 0) is 0 Å². The predicted molar refractivity (Wildman–Crippen MR) is 70.7 cm³/mol. The monoisotopic (exact) mass is 260 g/mol. The van der Waals surface area contributed by atoms with E-state index in [2.05, 4.69) is 15.0 Å². The van der Waals surface area contributed by atoms with Gasteiger partial charge in [0.05, 0.1) is 10.5 Å². The summed E-state index contributed by atoms with van der Waals surface area (Å²) in [6.07, 6.45) is 0. The van der Waals surface area contributed by atoms with Gasteiger partial charge in [-0.2, -0.15) is 15.0 Å². The molecule has 98 valence electrons. The number of nitrogens with zero attached hydrogens (tertiary/aromatic N) is 5. The van der Waals surface area contributed by atoms with Crippen LogP contribution in [-0.4, -0.2) is 34.0 Å². The van der Waals surface area contributed by atoms with Crippen molar-refractivity contribution in [1.29, 1.82) is 0 Å². The molecule has 0 unspecified atom stereocenters. The molecule has 1 aromatic carbocycles.